The molecule has 1 aliphatic rings. The molecule has 0 atom stereocenters. The van der Waals surface area contributed by atoms with E-state index in [1.807, 2.05) is 28.8 Å². The monoisotopic (exact) mass is 505 g/mol. The molecule has 1 aliphatic carbocycles. The Labute approximate surface area is 213 Å². The molecule has 0 radical (unpaired) electrons. The summed E-state index contributed by atoms with van der Waals surface area (Å²) in [5.74, 6) is 1.32. The number of imidazole rings is 1. The maximum absolute atomic E-state index is 13.5. The summed E-state index contributed by atoms with van der Waals surface area (Å²) in [6.07, 6.45) is 5.09. The van der Waals surface area contributed by atoms with Crippen molar-refractivity contribution < 1.29 is 4.79 Å². The number of aromatic nitrogens is 5. The van der Waals surface area contributed by atoms with Crippen molar-refractivity contribution in [3.8, 4) is 5.82 Å². The maximum atomic E-state index is 13.5. The Morgan fingerprint density at radius 2 is 1.83 bits per heavy atom. The van der Waals surface area contributed by atoms with Crippen LogP contribution in [-0.4, -0.2) is 43.3 Å². The molecule has 5 rings (SSSR count). The summed E-state index contributed by atoms with van der Waals surface area (Å²) in [5, 5.41) is 14.9. The molecule has 10 heteroatoms. The molecule has 4 aromatic rings. The van der Waals surface area contributed by atoms with Gasteiger partial charge in [0.25, 0.3) is 5.91 Å². The SMILES string of the molecule is CNc1ccc(-n2c(=O)n(CC3CCC(NC(=O)c4cc(Cl)cnc4C)CC3)c3ccccc32)nn1. The van der Waals surface area contributed by atoms with Crippen molar-refractivity contribution in [2.75, 3.05) is 12.4 Å². The van der Waals surface area contributed by atoms with Crippen molar-refractivity contribution in [1.82, 2.24) is 29.6 Å². The summed E-state index contributed by atoms with van der Waals surface area (Å²) in [6, 6.07) is 13.1. The van der Waals surface area contributed by atoms with Crippen molar-refractivity contribution in [2.24, 2.45) is 5.92 Å². The summed E-state index contributed by atoms with van der Waals surface area (Å²) in [5.41, 5.74) is 2.73. The molecule has 186 valence electrons. The standard InChI is InChI=1S/C26H28ClN7O2/c1-16-20(13-18(27)14-29-16)25(35)30-19-9-7-17(8-10-19)15-33-21-5-3-4-6-22(21)34(26(33)36)24-12-11-23(28-2)31-32-24/h3-6,11-14,17,19H,7-10,15H2,1-2H3,(H,28,31)(H,30,35). The first-order chi connectivity index (χ1) is 17.4. The Bertz CT molecular complexity index is 1450. The van der Waals surface area contributed by atoms with E-state index in [1.54, 1.807) is 42.9 Å². The van der Waals surface area contributed by atoms with Gasteiger partial charge in [0.2, 0.25) is 0 Å². The third-order valence-electron chi connectivity index (χ3n) is 6.89. The molecule has 1 aromatic carbocycles. The summed E-state index contributed by atoms with van der Waals surface area (Å²) in [4.78, 5) is 30.4. The number of para-hydroxylation sites is 2. The number of carbonyl (C=O) groups is 1. The van der Waals surface area contributed by atoms with Crippen molar-refractivity contribution >= 4 is 34.4 Å². The number of fused-ring (bicyclic) bond motifs is 1. The number of hydrogen-bond acceptors (Lipinski definition) is 6. The summed E-state index contributed by atoms with van der Waals surface area (Å²) in [6.45, 7) is 2.42. The average Bonchev–Trinajstić information content (AvgIpc) is 3.17. The van der Waals surface area contributed by atoms with Gasteiger partial charge in [0.05, 0.1) is 27.3 Å². The molecule has 0 spiro atoms. The van der Waals surface area contributed by atoms with Gasteiger partial charge in [0.15, 0.2) is 5.82 Å². The van der Waals surface area contributed by atoms with E-state index in [0.29, 0.717) is 40.4 Å². The van der Waals surface area contributed by atoms with Crippen LogP contribution in [0.2, 0.25) is 5.02 Å². The number of aryl methyl sites for hydroxylation is 1. The fourth-order valence-electron chi connectivity index (χ4n) is 4.93. The number of halogens is 1. The molecule has 3 aromatic heterocycles. The third kappa shape index (κ3) is 4.70. The normalized spacial score (nSPS) is 17.8. The highest BCUT2D eigenvalue weighted by Gasteiger charge is 2.26. The van der Waals surface area contributed by atoms with E-state index in [4.69, 9.17) is 11.6 Å². The van der Waals surface area contributed by atoms with Gasteiger partial charge < -0.3 is 10.6 Å². The van der Waals surface area contributed by atoms with E-state index in [9.17, 15) is 9.59 Å². The number of nitrogens with one attached hydrogen (secondary N) is 2. The summed E-state index contributed by atoms with van der Waals surface area (Å²) in [7, 11) is 1.78. The number of benzene rings is 1. The number of amides is 1. The lowest BCUT2D eigenvalue weighted by Gasteiger charge is -2.29. The third-order valence-corrected chi connectivity index (χ3v) is 7.10. The molecule has 0 aliphatic heterocycles. The van der Waals surface area contributed by atoms with E-state index in [2.05, 4.69) is 25.8 Å². The van der Waals surface area contributed by atoms with E-state index in [-0.39, 0.29) is 17.6 Å². The molecule has 2 N–H and O–H groups in total. The van der Waals surface area contributed by atoms with Crippen LogP contribution in [0.15, 0.2) is 53.5 Å². The predicted molar refractivity (Wildman–Crippen MR) is 140 cm³/mol. The zero-order chi connectivity index (χ0) is 25.2. The molecule has 1 fully saturated rings. The lowest BCUT2D eigenvalue weighted by molar-refractivity contribution is 0.0919. The molecule has 3 heterocycles. The van der Waals surface area contributed by atoms with Crippen molar-refractivity contribution in [2.45, 2.75) is 45.2 Å². The van der Waals surface area contributed by atoms with E-state index >= 15 is 0 Å². The Hall–Kier alpha value is -3.72. The second kappa shape index (κ2) is 10.1. The zero-order valence-corrected chi connectivity index (χ0v) is 21.0. The molecule has 0 unspecified atom stereocenters. The van der Waals surface area contributed by atoms with Gasteiger partial charge in [-0.2, -0.15) is 0 Å². The number of rotatable bonds is 6. The van der Waals surface area contributed by atoms with Crippen LogP contribution in [0.5, 0.6) is 0 Å². The summed E-state index contributed by atoms with van der Waals surface area (Å²) < 4.78 is 3.46. The number of pyridine rings is 1. The van der Waals surface area contributed by atoms with E-state index in [0.717, 1.165) is 36.7 Å². The maximum Gasteiger partial charge on any atom is 0.334 e. The molecule has 1 amide bonds. The first-order valence-electron chi connectivity index (χ1n) is 12.1. The van der Waals surface area contributed by atoms with Crippen LogP contribution in [0.4, 0.5) is 5.82 Å². The highest BCUT2D eigenvalue weighted by Crippen LogP contribution is 2.27. The van der Waals surface area contributed by atoms with Crippen LogP contribution >= 0.6 is 11.6 Å². The van der Waals surface area contributed by atoms with Crippen LogP contribution in [0.1, 0.15) is 41.7 Å². The molecule has 1 saturated carbocycles. The van der Waals surface area contributed by atoms with Gasteiger partial charge in [-0.15, -0.1) is 10.2 Å². The van der Waals surface area contributed by atoms with Gasteiger partial charge in [-0.05, 0) is 68.9 Å². The van der Waals surface area contributed by atoms with Crippen LogP contribution in [0, 0.1) is 12.8 Å². The van der Waals surface area contributed by atoms with Crippen LogP contribution in [0.25, 0.3) is 16.9 Å². The minimum Gasteiger partial charge on any atom is -0.372 e. The minimum absolute atomic E-state index is 0.0890. The van der Waals surface area contributed by atoms with Crippen molar-refractivity contribution in [3.63, 3.8) is 0 Å². The average molecular weight is 506 g/mol. The molecular formula is C26H28ClN7O2. The van der Waals surface area contributed by atoms with Gasteiger partial charge >= 0.3 is 5.69 Å². The highest BCUT2D eigenvalue weighted by atomic mass is 35.5. The van der Waals surface area contributed by atoms with Gasteiger partial charge in [-0.1, -0.05) is 23.7 Å². The minimum atomic E-state index is -0.143. The fraction of sp³-hybridized carbons (Fsp3) is 0.346. The van der Waals surface area contributed by atoms with Gasteiger partial charge in [0, 0.05) is 25.8 Å². The van der Waals surface area contributed by atoms with E-state index < -0.39 is 0 Å². The second-order valence-corrected chi connectivity index (χ2v) is 9.66. The lowest BCUT2D eigenvalue weighted by atomic mass is 9.85. The number of nitrogens with zero attached hydrogens (tertiary/aromatic N) is 5. The van der Waals surface area contributed by atoms with Crippen molar-refractivity contribution in [1.29, 1.82) is 0 Å². The quantitative estimate of drug-likeness (QED) is 0.410. The lowest BCUT2D eigenvalue weighted by Crippen LogP contribution is -2.39. The zero-order valence-electron chi connectivity index (χ0n) is 20.2. The number of carbonyl (C=O) groups excluding carboxylic acids is 1. The van der Waals surface area contributed by atoms with Gasteiger partial charge in [-0.3, -0.25) is 14.3 Å². The Morgan fingerprint density at radius 1 is 1.08 bits per heavy atom. The highest BCUT2D eigenvalue weighted by molar-refractivity contribution is 6.30. The van der Waals surface area contributed by atoms with Gasteiger partial charge in [0.1, 0.15) is 5.82 Å². The molecule has 0 bridgehead atoms. The van der Waals surface area contributed by atoms with Crippen molar-refractivity contribution in [3.05, 3.63) is 75.4 Å². The number of hydrogen-bond donors (Lipinski definition) is 2. The predicted octanol–water partition coefficient (Wildman–Crippen LogP) is 3.97. The largest absolute Gasteiger partial charge is 0.372 e. The smallest absolute Gasteiger partial charge is 0.334 e. The second-order valence-electron chi connectivity index (χ2n) is 9.22. The summed E-state index contributed by atoms with van der Waals surface area (Å²) >= 11 is 6.03. The topological polar surface area (TPSA) is 107 Å². The van der Waals surface area contributed by atoms with E-state index in [1.165, 1.54) is 0 Å². The molecular weight excluding hydrogens is 478 g/mol. The fourth-order valence-corrected chi connectivity index (χ4v) is 5.09. The Balaban J connectivity index is 1.30. The Morgan fingerprint density at radius 3 is 2.53 bits per heavy atom. The first kappa shape index (κ1) is 24.0. The Kier molecular flexibility index (Phi) is 6.73. The van der Waals surface area contributed by atoms with Gasteiger partial charge in [-0.25, -0.2) is 9.36 Å². The van der Waals surface area contributed by atoms with Crippen LogP contribution < -0.4 is 16.3 Å². The number of anilines is 1. The molecule has 0 saturated heterocycles. The first-order valence-corrected chi connectivity index (χ1v) is 12.5. The van der Waals surface area contributed by atoms with Crippen LogP contribution in [-0.2, 0) is 6.54 Å². The van der Waals surface area contributed by atoms with Crippen LogP contribution in [0.3, 0.4) is 0 Å². The molecule has 9 nitrogen and oxygen atoms in total. The molecule has 36 heavy (non-hydrogen) atoms.